The summed E-state index contributed by atoms with van der Waals surface area (Å²) in [5.41, 5.74) is 0. The molecular formula is C14H29NO. The Balaban J connectivity index is 2.01. The van der Waals surface area contributed by atoms with E-state index in [0.717, 1.165) is 31.4 Å². The zero-order valence-corrected chi connectivity index (χ0v) is 11.5. The average molecular weight is 227 g/mol. The quantitative estimate of drug-likeness (QED) is 0.704. The van der Waals surface area contributed by atoms with Crippen LogP contribution in [0.25, 0.3) is 0 Å². The Morgan fingerprint density at radius 3 is 2.56 bits per heavy atom. The minimum atomic E-state index is 0.533. The lowest BCUT2D eigenvalue weighted by atomic mass is 9.80. The predicted molar refractivity (Wildman–Crippen MR) is 69.7 cm³/mol. The van der Waals surface area contributed by atoms with Crippen molar-refractivity contribution in [3.05, 3.63) is 0 Å². The molecule has 3 unspecified atom stereocenters. The summed E-state index contributed by atoms with van der Waals surface area (Å²) in [6, 6.07) is 0.593. The summed E-state index contributed by atoms with van der Waals surface area (Å²) in [6.07, 6.45) is 5.54. The molecule has 0 radical (unpaired) electrons. The van der Waals surface area contributed by atoms with Gasteiger partial charge in [0, 0.05) is 12.6 Å². The fourth-order valence-corrected chi connectivity index (χ4v) is 2.36. The Hall–Kier alpha value is -0.0800. The van der Waals surface area contributed by atoms with Crippen LogP contribution in [-0.2, 0) is 4.74 Å². The molecule has 1 saturated carbocycles. The molecule has 2 nitrogen and oxygen atoms in total. The molecule has 1 aliphatic rings. The normalized spacial score (nSPS) is 30.9. The van der Waals surface area contributed by atoms with Crippen molar-refractivity contribution in [3.8, 4) is 0 Å². The maximum absolute atomic E-state index is 5.94. The van der Waals surface area contributed by atoms with E-state index in [1.807, 2.05) is 0 Å². The van der Waals surface area contributed by atoms with E-state index in [-0.39, 0.29) is 0 Å². The number of rotatable bonds is 6. The Bertz CT molecular complexity index is 182. The standard InChI is InChI=1S/C14H29NO/c1-11(2)15-8-5-9-16-14-7-6-12(3)13(4)10-14/h11-15H,5-10H2,1-4H3. The van der Waals surface area contributed by atoms with Gasteiger partial charge in [0.2, 0.25) is 0 Å². The van der Waals surface area contributed by atoms with E-state index >= 15 is 0 Å². The third-order valence-corrected chi connectivity index (χ3v) is 3.78. The van der Waals surface area contributed by atoms with E-state index in [1.165, 1.54) is 19.3 Å². The van der Waals surface area contributed by atoms with Crippen LogP contribution in [-0.4, -0.2) is 25.3 Å². The van der Waals surface area contributed by atoms with Crippen LogP contribution in [0.2, 0.25) is 0 Å². The highest BCUT2D eigenvalue weighted by atomic mass is 16.5. The molecule has 16 heavy (non-hydrogen) atoms. The Kier molecular flexibility index (Phi) is 6.37. The van der Waals surface area contributed by atoms with Crippen molar-refractivity contribution >= 4 is 0 Å². The second-order valence-electron chi connectivity index (χ2n) is 5.72. The van der Waals surface area contributed by atoms with Gasteiger partial charge in [0.05, 0.1) is 6.10 Å². The van der Waals surface area contributed by atoms with Crippen molar-refractivity contribution in [2.24, 2.45) is 11.8 Å². The van der Waals surface area contributed by atoms with E-state index in [9.17, 15) is 0 Å². The monoisotopic (exact) mass is 227 g/mol. The molecule has 1 N–H and O–H groups in total. The van der Waals surface area contributed by atoms with Gasteiger partial charge in [-0.1, -0.05) is 27.7 Å². The zero-order chi connectivity index (χ0) is 12.0. The van der Waals surface area contributed by atoms with E-state index in [0.29, 0.717) is 12.1 Å². The summed E-state index contributed by atoms with van der Waals surface area (Å²) >= 11 is 0. The lowest BCUT2D eigenvalue weighted by molar-refractivity contribution is 0.00172. The molecule has 3 atom stereocenters. The van der Waals surface area contributed by atoms with Crippen LogP contribution in [0.15, 0.2) is 0 Å². The Labute approximate surface area is 101 Å². The van der Waals surface area contributed by atoms with Gasteiger partial charge in [-0.2, -0.15) is 0 Å². The first-order valence-electron chi connectivity index (χ1n) is 6.94. The molecule has 0 aromatic rings. The summed E-state index contributed by atoms with van der Waals surface area (Å²) in [7, 11) is 0. The topological polar surface area (TPSA) is 21.3 Å². The van der Waals surface area contributed by atoms with Gasteiger partial charge in [-0.3, -0.25) is 0 Å². The van der Waals surface area contributed by atoms with Gasteiger partial charge in [-0.25, -0.2) is 0 Å². The molecule has 0 saturated heterocycles. The van der Waals surface area contributed by atoms with Crippen LogP contribution >= 0.6 is 0 Å². The van der Waals surface area contributed by atoms with Crippen molar-refractivity contribution in [1.82, 2.24) is 5.32 Å². The molecule has 0 aliphatic heterocycles. The smallest absolute Gasteiger partial charge is 0.0577 e. The average Bonchev–Trinajstić information content (AvgIpc) is 2.22. The lowest BCUT2D eigenvalue weighted by Crippen LogP contribution is -2.28. The van der Waals surface area contributed by atoms with Gasteiger partial charge >= 0.3 is 0 Å². The van der Waals surface area contributed by atoms with Gasteiger partial charge in [0.25, 0.3) is 0 Å². The number of ether oxygens (including phenoxy) is 1. The first-order valence-corrected chi connectivity index (χ1v) is 6.94. The maximum atomic E-state index is 5.94. The molecule has 1 rings (SSSR count). The first-order chi connectivity index (χ1) is 7.59. The zero-order valence-electron chi connectivity index (χ0n) is 11.5. The van der Waals surface area contributed by atoms with Gasteiger partial charge in [0.1, 0.15) is 0 Å². The predicted octanol–water partition coefficient (Wildman–Crippen LogP) is 3.22. The summed E-state index contributed by atoms with van der Waals surface area (Å²) in [4.78, 5) is 0. The van der Waals surface area contributed by atoms with E-state index in [4.69, 9.17) is 4.74 Å². The fraction of sp³-hybridized carbons (Fsp3) is 1.00. The van der Waals surface area contributed by atoms with Crippen molar-refractivity contribution in [3.63, 3.8) is 0 Å². The van der Waals surface area contributed by atoms with Crippen LogP contribution in [0.4, 0.5) is 0 Å². The molecule has 0 heterocycles. The molecule has 1 fully saturated rings. The van der Waals surface area contributed by atoms with Crippen molar-refractivity contribution in [1.29, 1.82) is 0 Å². The molecule has 0 aromatic heterocycles. The number of hydrogen-bond donors (Lipinski definition) is 1. The Morgan fingerprint density at radius 2 is 1.94 bits per heavy atom. The summed E-state index contributed by atoms with van der Waals surface area (Å²) in [5, 5.41) is 3.42. The van der Waals surface area contributed by atoms with Crippen LogP contribution in [0, 0.1) is 11.8 Å². The molecular weight excluding hydrogens is 198 g/mol. The maximum Gasteiger partial charge on any atom is 0.0577 e. The number of hydrogen-bond acceptors (Lipinski definition) is 2. The fourth-order valence-electron chi connectivity index (χ4n) is 2.36. The molecule has 0 spiro atoms. The van der Waals surface area contributed by atoms with Crippen molar-refractivity contribution < 1.29 is 4.74 Å². The van der Waals surface area contributed by atoms with Gasteiger partial charge in [0.15, 0.2) is 0 Å². The molecule has 0 amide bonds. The summed E-state index contributed by atoms with van der Waals surface area (Å²) in [6.45, 7) is 11.1. The van der Waals surface area contributed by atoms with Crippen LogP contribution in [0.5, 0.6) is 0 Å². The lowest BCUT2D eigenvalue weighted by Gasteiger charge is -2.32. The van der Waals surface area contributed by atoms with Crippen molar-refractivity contribution in [2.45, 2.75) is 65.5 Å². The van der Waals surface area contributed by atoms with E-state index < -0.39 is 0 Å². The third-order valence-electron chi connectivity index (χ3n) is 3.78. The summed E-state index contributed by atoms with van der Waals surface area (Å²) < 4.78 is 5.94. The van der Waals surface area contributed by atoms with Crippen molar-refractivity contribution in [2.75, 3.05) is 13.2 Å². The third kappa shape index (κ3) is 5.31. The molecule has 1 aliphatic carbocycles. The van der Waals surface area contributed by atoms with E-state index in [1.54, 1.807) is 0 Å². The van der Waals surface area contributed by atoms with Gasteiger partial charge < -0.3 is 10.1 Å². The highest BCUT2D eigenvalue weighted by Crippen LogP contribution is 2.30. The van der Waals surface area contributed by atoms with Crippen LogP contribution in [0.3, 0.4) is 0 Å². The largest absolute Gasteiger partial charge is 0.378 e. The molecule has 0 bridgehead atoms. The van der Waals surface area contributed by atoms with Crippen LogP contribution in [0.1, 0.15) is 53.4 Å². The second-order valence-corrected chi connectivity index (χ2v) is 5.72. The SMILES string of the molecule is CC(C)NCCCOC1CCC(C)C(C)C1. The second kappa shape index (κ2) is 7.29. The minimum absolute atomic E-state index is 0.533. The summed E-state index contributed by atoms with van der Waals surface area (Å²) in [5.74, 6) is 1.73. The molecule has 96 valence electrons. The highest BCUT2D eigenvalue weighted by Gasteiger charge is 2.24. The molecule has 2 heteroatoms. The van der Waals surface area contributed by atoms with Gasteiger partial charge in [-0.05, 0) is 44.1 Å². The number of nitrogens with one attached hydrogen (secondary N) is 1. The van der Waals surface area contributed by atoms with E-state index in [2.05, 4.69) is 33.0 Å². The van der Waals surface area contributed by atoms with Crippen LogP contribution < -0.4 is 5.32 Å². The first kappa shape index (κ1) is 14.0. The molecule has 0 aromatic carbocycles. The Morgan fingerprint density at radius 1 is 1.19 bits per heavy atom. The van der Waals surface area contributed by atoms with Gasteiger partial charge in [-0.15, -0.1) is 0 Å². The highest BCUT2D eigenvalue weighted by molar-refractivity contribution is 4.75. The minimum Gasteiger partial charge on any atom is -0.378 e.